The smallest absolute Gasteiger partial charge is 0.0446 e. The highest BCUT2D eigenvalue weighted by molar-refractivity contribution is 6.31. The molecule has 0 bridgehead atoms. The number of rotatable bonds is 12. The molecular weight excluding hydrogens is 612 g/mol. The van der Waals surface area contributed by atoms with E-state index in [1.165, 1.54) is 44.6 Å². The predicted molar refractivity (Wildman–Crippen MR) is 231 cm³/mol. The molecule has 0 nitrogen and oxygen atoms in total. The van der Waals surface area contributed by atoms with Gasteiger partial charge in [0.15, 0.2) is 0 Å². The average Bonchev–Trinajstić information content (AvgIpc) is 3.02. The zero-order valence-corrected chi connectivity index (χ0v) is 36.5. The monoisotopic (exact) mass is 693 g/mol. The molecule has 280 valence electrons. The molecule has 0 amide bonds. The van der Waals surface area contributed by atoms with Crippen LogP contribution >= 0.6 is 11.6 Å². The molecule has 1 aromatic carbocycles. The molecule has 1 heteroatoms. The van der Waals surface area contributed by atoms with Crippen molar-refractivity contribution in [3.63, 3.8) is 0 Å². The molecule has 2 rings (SSSR count). The van der Waals surface area contributed by atoms with Crippen molar-refractivity contribution in [3.05, 3.63) is 118 Å². The minimum Gasteiger partial charge on any atom is -0.100 e. The molecule has 0 fully saturated rings. The van der Waals surface area contributed by atoms with Crippen molar-refractivity contribution in [2.75, 3.05) is 0 Å². The molecule has 0 heterocycles. The molecular formula is C48H81Cl. The van der Waals surface area contributed by atoms with Crippen LogP contribution < -0.4 is 0 Å². The van der Waals surface area contributed by atoms with Gasteiger partial charge in [-0.15, -0.1) is 6.58 Å². The molecule has 0 aliphatic heterocycles. The summed E-state index contributed by atoms with van der Waals surface area (Å²) in [5.41, 5.74) is 10.9. The second-order valence-electron chi connectivity index (χ2n) is 15.6. The van der Waals surface area contributed by atoms with Crippen molar-refractivity contribution in [3.8, 4) is 0 Å². The van der Waals surface area contributed by atoms with Crippen molar-refractivity contribution < 1.29 is 0 Å². The summed E-state index contributed by atoms with van der Waals surface area (Å²) in [5.74, 6) is 0.972. The van der Waals surface area contributed by atoms with Gasteiger partial charge in [0.25, 0.3) is 0 Å². The molecule has 1 aliphatic carbocycles. The van der Waals surface area contributed by atoms with Gasteiger partial charge in [-0.05, 0) is 110 Å². The van der Waals surface area contributed by atoms with E-state index >= 15 is 0 Å². The Morgan fingerprint density at radius 2 is 1.49 bits per heavy atom. The third-order valence-electron chi connectivity index (χ3n) is 7.66. The van der Waals surface area contributed by atoms with E-state index < -0.39 is 0 Å². The summed E-state index contributed by atoms with van der Waals surface area (Å²) < 4.78 is 0. The third kappa shape index (κ3) is 25.3. The first-order valence-corrected chi connectivity index (χ1v) is 19.6. The first-order chi connectivity index (χ1) is 22.7. The quantitative estimate of drug-likeness (QED) is 0.151. The molecule has 2 unspecified atom stereocenters. The highest BCUT2D eigenvalue weighted by atomic mass is 35.5. The first kappa shape index (κ1) is 51.1. The lowest BCUT2D eigenvalue weighted by molar-refractivity contribution is 0.469. The topological polar surface area (TPSA) is 0 Å². The minimum absolute atomic E-state index is 0.0418. The van der Waals surface area contributed by atoms with E-state index in [0.717, 1.165) is 50.0 Å². The number of halogens is 1. The maximum absolute atomic E-state index is 6.55. The van der Waals surface area contributed by atoms with Crippen molar-refractivity contribution >= 4 is 11.6 Å². The molecule has 0 N–H and O–H groups in total. The standard InChI is InChI=1S/C34H47Cl.C5H12.C5H10.2C2H6/c1-10-12-24(3)20-30(13-11-2)27(6)29-18-16-28(17-19-29)15-14-25(4)21-31-23-32(34(7,8)9)33(35)22-26(31)5;1-5(2,3)4;1-4-5(2)3;2*1-2/h11,13,16,18-20,22-23,27-28H,3-4,10,12,14-15,17,21H2,1-2,5-9H3;1-4H3;2,4H2,1,3H3;2*1-2H3/b13-11-,30-20+;;;;. The van der Waals surface area contributed by atoms with Gasteiger partial charge in [0, 0.05) is 10.9 Å². The average molecular weight is 694 g/mol. The van der Waals surface area contributed by atoms with Gasteiger partial charge in [-0.25, -0.2) is 0 Å². The highest BCUT2D eigenvalue weighted by Gasteiger charge is 2.20. The summed E-state index contributed by atoms with van der Waals surface area (Å²) in [7, 11) is 0. The Kier molecular flexibility index (Phi) is 28.6. The molecule has 0 radical (unpaired) electrons. The van der Waals surface area contributed by atoms with Crippen molar-refractivity contribution in [1.29, 1.82) is 0 Å². The van der Waals surface area contributed by atoms with E-state index in [2.05, 4.69) is 151 Å². The maximum Gasteiger partial charge on any atom is 0.0446 e. The third-order valence-corrected chi connectivity index (χ3v) is 7.98. The molecule has 49 heavy (non-hydrogen) atoms. The van der Waals surface area contributed by atoms with Crippen LogP contribution in [0.3, 0.4) is 0 Å². The Morgan fingerprint density at radius 3 is 1.90 bits per heavy atom. The van der Waals surface area contributed by atoms with Crippen molar-refractivity contribution in [2.24, 2.45) is 17.3 Å². The second kappa shape index (κ2) is 27.4. The van der Waals surface area contributed by atoms with Crippen LogP contribution in [0, 0.1) is 24.2 Å². The van der Waals surface area contributed by atoms with E-state index in [0.29, 0.717) is 17.3 Å². The molecule has 0 aromatic heterocycles. The van der Waals surface area contributed by atoms with Crippen LogP contribution in [0.5, 0.6) is 0 Å². The van der Waals surface area contributed by atoms with Gasteiger partial charge in [0.1, 0.15) is 0 Å². The summed E-state index contributed by atoms with van der Waals surface area (Å²) in [5, 5.41) is 0.871. The molecule has 0 spiro atoms. The van der Waals surface area contributed by atoms with Crippen LogP contribution in [-0.2, 0) is 11.8 Å². The van der Waals surface area contributed by atoms with E-state index in [1.807, 2.05) is 34.6 Å². The Bertz CT molecular complexity index is 1210. The van der Waals surface area contributed by atoms with E-state index in [9.17, 15) is 0 Å². The van der Waals surface area contributed by atoms with Crippen LogP contribution in [0.4, 0.5) is 0 Å². The number of allylic oxidation sites excluding steroid dienone is 11. The summed E-state index contributed by atoms with van der Waals surface area (Å²) >= 11 is 6.55. The lowest BCUT2D eigenvalue weighted by Crippen LogP contribution is -2.13. The lowest BCUT2D eigenvalue weighted by Gasteiger charge is -2.23. The van der Waals surface area contributed by atoms with Gasteiger partial charge in [-0.3, -0.25) is 0 Å². The van der Waals surface area contributed by atoms with E-state index in [1.54, 1.807) is 0 Å². The maximum atomic E-state index is 6.55. The fraction of sp³-hybridized carbons (Fsp3) is 0.583. The molecule has 1 aromatic rings. The fourth-order valence-electron chi connectivity index (χ4n) is 4.78. The van der Waals surface area contributed by atoms with Gasteiger partial charge in [-0.1, -0.05) is 187 Å². The van der Waals surface area contributed by atoms with Crippen molar-refractivity contribution in [1.82, 2.24) is 0 Å². The highest BCUT2D eigenvalue weighted by Crippen LogP contribution is 2.34. The normalized spacial score (nSPS) is 14.8. The Morgan fingerprint density at radius 1 is 0.959 bits per heavy atom. The van der Waals surface area contributed by atoms with E-state index in [-0.39, 0.29) is 5.41 Å². The van der Waals surface area contributed by atoms with Gasteiger partial charge >= 0.3 is 0 Å². The molecule has 0 saturated carbocycles. The Balaban J connectivity index is -0.00000129. The Labute approximate surface area is 313 Å². The summed E-state index contributed by atoms with van der Waals surface area (Å²) in [6, 6.07) is 4.42. The Hall–Kier alpha value is -2.31. The van der Waals surface area contributed by atoms with Crippen LogP contribution in [0.2, 0.25) is 5.02 Å². The van der Waals surface area contributed by atoms with E-state index in [4.69, 9.17) is 11.6 Å². The zero-order valence-electron chi connectivity index (χ0n) is 35.7. The second-order valence-corrected chi connectivity index (χ2v) is 16.0. The predicted octanol–water partition coefficient (Wildman–Crippen LogP) is 16.9. The summed E-state index contributed by atoms with van der Waals surface area (Å²) in [6.07, 6.45) is 21.4. The minimum atomic E-state index is 0.0418. The zero-order chi connectivity index (χ0) is 39.0. The lowest BCUT2D eigenvalue weighted by atomic mass is 9.83. The van der Waals surface area contributed by atoms with Gasteiger partial charge in [0.2, 0.25) is 0 Å². The molecule has 0 saturated heterocycles. The summed E-state index contributed by atoms with van der Waals surface area (Å²) in [4.78, 5) is 0. The fourth-order valence-corrected chi connectivity index (χ4v) is 5.28. The van der Waals surface area contributed by atoms with Gasteiger partial charge in [-0.2, -0.15) is 0 Å². The largest absolute Gasteiger partial charge is 0.100 e. The van der Waals surface area contributed by atoms with Crippen LogP contribution in [0.15, 0.2) is 96.2 Å². The molecule has 2 atom stereocenters. The van der Waals surface area contributed by atoms with Crippen LogP contribution in [0.25, 0.3) is 0 Å². The van der Waals surface area contributed by atoms with Gasteiger partial charge in [0.05, 0.1) is 0 Å². The van der Waals surface area contributed by atoms with Crippen LogP contribution in [-0.4, -0.2) is 0 Å². The van der Waals surface area contributed by atoms with Gasteiger partial charge < -0.3 is 0 Å². The van der Waals surface area contributed by atoms with Crippen LogP contribution in [0.1, 0.15) is 166 Å². The SMILES string of the molecule is C=C(/C=C(\C=C/C)C(C)C1=CCC(CCC(=C)Cc2cc(C(C)(C)C)c(Cl)cc2C)C=C1)CCC.C=C(C)CC.CC.CC.CC(C)(C)C. The molecule has 1 aliphatic rings. The number of benzene rings is 1. The number of hydrogen-bond acceptors (Lipinski definition) is 0. The van der Waals surface area contributed by atoms with Crippen molar-refractivity contribution in [2.45, 2.75) is 168 Å². The number of aryl methyl sites for hydroxylation is 1. The number of hydrogen-bond donors (Lipinski definition) is 0. The summed E-state index contributed by atoms with van der Waals surface area (Å²) in [6.45, 7) is 48.6. The first-order valence-electron chi connectivity index (χ1n) is 19.2.